The lowest BCUT2D eigenvalue weighted by molar-refractivity contribution is 0.216. The lowest BCUT2D eigenvalue weighted by atomic mass is 9.98. The number of rotatable bonds is 1. The van der Waals surface area contributed by atoms with Crippen molar-refractivity contribution in [2.75, 3.05) is 6.54 Å². The van der Waals surface area contributed by atoms with Crippen LogP contribution < -0.4 is 0 Å². The average molecular weight is 230 g/mol. The molecular weight excluding hydrogens is 212 g/mol. The summed E-state index contributed by atoms with van der Waals surface area (Å²) in [6.45, 7) is 2.08. The van der Waals surface area contributed by atoms with E-state index >= 15 is 0 Å². The van der Waals surface area contributed by atoms with Gasteiger partial charge in [0.1, 0.15) is 0 Å². The van der Waals surface area contributed by atoms with Gasteiger partial charge >= 0.3 is 0 Å². The van der Waals surface area contributed by atoms with Gasteiger partial charge in [-0.25, -0.2) is 0 Å². The molecule has 3 rings (SSSR count). The maximum absolute atomic E-state index is 9.02. The van der Waals surface area contributed by atoms with Crippen molar-refractivity contribution >= 4 is 5.71 Å². The predicted octanol–water partition coefficient (Wildman–Crippen LogP) is 2.43. The van der Waals surface area contributed by atoms with Gasteiger partial charge in [-0.15, -0.1) is 0 Å². The van der Waals surface area contributed by atoms with Crippen LogP contribution in [0.15, 0.2) is 29.4 Å². The highest BCUT2D eigenvalue weighted by molar-refractivity contribution is 5.90. The molecule has 90 valence electrons. The first-order valence-electron chi connectivity index (χ1n) is 6.40. The summed E-state index contributed by atoms with van der Waals surface area (Å²) in [7, 11) is 0. The van der Waals surface area contributed by atoms with Crippen LogP contribution in [0.5, 0.6) is 0 Å². The summed E-state index contributed by atoms with van der Waals surface area (Å²) < 4.78 is 0. The molecule has 2 aliphatic rings. The molecule has 0 saturated heterocycles. The van der Waals surface area contributed by atoms with Crippen molar-refractivity contribution in [3.8, 4) is 0 Å². The molecular formula is C14H18N2O. The molecule has 1 N–H and O–H groups in total. The van der Waals surface area contributed by atoms with Crippen LogP contribution in [0.25, 0.3) is 0 Å². The number of oxime groups is 1. The number of nitrogens with zero attached hydrogens (tertiary/aromatic N) is 2. The molecule has 1 aromatic rings. The first-order valence-corrected chi connectivity index (χ1v) is 6.40. The minimum absolute atomic E-state index is 0.369. The van der Waals surface area contributed by atoms with E-state index in [1.807, 2.05) is 0 Å². The average Bonchev–Trinajstić information content (AvgIpc) is 2.86. The normalized spacial score (nSPS) is 27.3. The Hall–Kier alpha value is -1.35. The maximum atomic E-state index is 9.02. The third kappa shape index (κ3) is 1.95. The van der Waals surface area contributed by atoms with E-state index in [9.17, 15) is 0 Å². The molecule has 0 bridgehead atoms. The van der Waals surface area contributed by atoms with Crippen molar-refractivity contribution in [2.24, 2.45) is 5.16 Å². The van der Waals surface area contributed by atoms with Gasteiger partial charge in [0.2, 0.25) is 0 Å². The first kappa shape index (κ1) is 10.8. The van der Waals surface area contributed by atoms with Crippen molar-refractivity contribution in [1.29, 1.82) is 0 Å². The zero-order chi connectivity index (χ0) is 11.7. The Labute approximate surface area is 102 Å². The number of hydrogen-bond acceptors (Lipinski definition) is 3. The summed E-state index contributed by atoms with van der Waals surface area (Å²) >= 11 is 0. The fourth-order valence-electron chi connectivity index (χ4n) is 3.10. The van der Waals surface area contributed by atoms with Gasteiger partial charge in [-0.3, -0.25) is 4.90 Å². The van der Waals surface area contributed by atoms with Crippen LogP contribution in [0.2, 0.25) is 0 Å². The number of fused-ring (bicyclic) bond motifs is 1. The van der Waals surface area contributed by atoms with E-state index in [1.165, 1.54) is 11.1 Å². The summed E-state index contributed by atoms with van der Waals surface area (Å²) in [5.41, 5.74) is 3.89. The Morgan fingerprint density at radius 2 is 2.00 bits per heavy atom. The van der Waals surface area contributed by atoms with E-state index in [1.54, 1.807) is 0 Å². The van der Waals surface area contributed by atoms with Crippen LogP contribution in [0.1, 0.15) is 30.4 Å². The third-order valence-electron chi connectivity index (χ3n) is 4.02. The molecule has 1 aromatic carbocycles. The van der Waals surface area contributed by atoms with Gasteiger partial charge in [0.05, 0.1) is 11.8 Å². The minimum Gasteiger partial charge on any atom is -0.411 e. The highest BCUT2D eigenvalue weighted by Crippen LogP contribution is 2.27. The lowest BCUT2D eigenvalue weighted by Crippen LogP contribution is -2.41. The van der Waals surface area contributed by atoms with Gasteiger partial charge < -0.3 is 5.21 Å². The summed E-state index contributed by atoms with van der Waals surface area (Å²) in [6.07, 6.45) is 4.37. The fourth-order valence-corrected chi connectivity index (χ4v) is 3.10. The second-order valence-electron chi connectivity index (χ2n) is 4.99. The largest absolute Gasteiger partial charge is 0.411 e. The van der Waals surface area contributed by atoms with E-state index in [0.29, 0.717) is 6.04 Å². The molecule has 0 spiro atoms. The number of hydrogen-bond donors (Lipinski definition) is 1. The zero-order valence-corrected chi connectivity index (χ0v) is 9.97. The molecule has 1 unspecified atom stereocenters. The molecule has 1 atom stereocenters. The van der Waals surface area contributed by atoms with Gasteiger partial charge in [-0.2, -0.15) is 0 Å². The van der Waals surface area contributed by atoms with Crippen molar-refractivity contribution < 1.29 is 5.21 Å². The first-order chi connectivity index (χ1) is 8.38. The van der Waals surface area contributed by atoms with Gasteiger partial charge in [-0.05, 0) is 36.8 Å². The Bertz CT molecular complexity index is 442. The Morgan fingerprint density at radius 1 is 1.18 bits per heavy atom. The van der Waals surface area contributed by atoms with E-state index in [2.05, 4.69) is 34.3 Å². The highest BCUT2D eigenvalue weighted by atomic mass is 16.4. The lowest BCUT2D eigenvalue weighted by Gasteiger charge is -2.33. The molecule has 0 aromatic heterocycles. The van der Waals surface area contributed by atoms with Crippen LogP contribution in [0, 0.1) is 0 Å². The minimum atomic E-state index is 0.369. The second kappa shape index (κ2) is 4.49. The van der Waals surface area contributed by atoms with Crippen molar-refractivity contribution in [3.05, 3.63) is 35.4 Å². The predicted molar refractivity (Wildman–Crippen MR) is 67.4 cm³/mol. The molecule has 0 radical (unpaired) electrons. The van der Waals surface area contributed by atoms with E-state index in [4.69, 9.17) is 5.21 Å². The van der Waals surface area contributed by atoms with Crippen molar-refractivity contribution in [3.63, 3.8) is 0 Å². The Morgan fingerprint density at radius 3 is 2.82 bits per heavy atom. The quantitative estimate of drug-likeness (QED) is 0.594. The molecule has 1 aliphatic carbocycles. The highest BCUT2D eigenvalue weighted by Gasteiger charge is 2.30. The van der Waals surface area contributed by atoms with Crippen molar-refractivity contribution in [2.45, 2.75) is 38.3 Å². The second-order valence-corrected chi connectivity index (χ2v) is 4.99. The molecule has 3 heteroatoms. The molecule has 0 amide bonds. The molecule has 1 saturated carbocycles. The van der Waals surface area contributed by atoms with Gasteiger partial charge in [0, 0.05) is 13.1 Å². The molecule has 1 aliphatic heterocycles. The van der Waals surface area contributed by atoms with Gasteiger partial charge in [0.25, 0.3) is 0 Å². The van der Waals surface area contributed by atoms with E-state index in [-0.39, 0.29) is 0 Å². The standard InChI is InChI=1S/C14H18N2O/c17-15-13-6-3-7-14(13)16-9-8-11-4-1-2-5-12(11)10-16/h1-2,4-5,14,17H,3,6-10H2. The number of benzene rings is 1. The summed E-state index contributed by atoms with van der Waals surface area (Å²) in [5, 5.41) is 12.5. The van der Waals surface area contributed by atoms with Crippen LogP contribution in [-0.2, 0) is 13.0 Å². The monoisotopic (exact) mass is 230 g/mol. The van der Waals surface area contributed by atoms with Gasteiger partial charge in [0.15, 0.2) is 0 Å². The maximum Gasteiger partial charge on any atom is 0.0742 e. The smallest absolute Gasteiger partial charge is 0.0742 e. The summed E-state index contributed by atoms with van der Waals surface area (Å²) in [5.74, 6) is 0. The van der Waals surface area contributed by atoms with Crippen LogP contribution in [-0.4, -0.2) is 28.4 Å². The SMILES string of the molecule is ON=C1CCCC1N1CCc2ccccc2C1. The summed E-state index contributed by atoms with van der Waals surface area (Å²) in [6, 6.07) is 9.03. The summed E-state index contributed by atoms with van der Waals surface area (Å²) in [4.78, 5) is 2.46. The fraction of sp³-hybridized carbons (Fsp3) is 0.500. The molecule has 17 heavy (non-hydrogen) atoms. The topological polar surface area (TPSA) is 35.8 Å². The van der Waals surface area contributed by atoms with Gasteiger partial charge in [-0.1, -0.05) is 29.4 Å². The Kier molecular flexibility index (Phi) is 2.85. The Balaban J connectivity index is 1.80. The van der Waals surface area contributed by atoms with Crippen molar-refractivity contribution in [1.82, 2.24) is 4.90 Å². The van der Waals surface area contributed by atoms with E-state index < -0.39 is 0 Å². The van der Waals surface area contributed by atoms with E-state index in [0.717, 1.165) is 44.5 Å². The molecule has 1 fully saturated rings. The third-order valence-corrected chi connectivity index (χ3v) is 4.02. The van der Waals surface area contributed by atoms with Crippen LogP contribution in [0.3, 0.4) is 0 Å². The van der Waals surface area contributed by atoms with Crippen LogP contribution in [0.4, 0.5) is 0 Å². The molecule has 1 heterocycles. The zero-order valence-electron chi connectivity index (χ0n) is 9.97. The molecule has 3 nitrogen and oxygen atoms in total. The van der Waals surface area contributed by atoms with Crippen LogP contribution >= 0.6 is 0 Å².